The molecule has 2 nitrogen and oxygen atoms in total. The van der Waals surface area contributed by atoms with Crippen LogP contribution in [0, 0.1) is 0 Å². The van der Waals surface area contributed by atoms with E-state index in [0.29, 0.717) is 6.04 Å². The molecule has 0 unspecified atom stereocenters. The van der Waals surface area contributed by atoms with Gasteiger partial charge in [0.05, 0.1) is 5.60 Å². The zero-order valence-electron chi connectivity index (χ0n) is 10.9. The van der Waals surface area contributed by atoms with E-state index in [1.165, 1.54) is 11.3 Å². The van der Waals surface area contributed by atoms with Gasteiger partial charge in [-0.1, -0.05) is 6.92 Å². The molecule has 1 aromatic heterocycles. The lowest BCUT2D eigenvalue weighted by molar-refractivity contribution is -0.00240. The van der Waals surface area contributed by atoms with E-state index < -0.39 is 5.60 Å². The molecule has 4 heteroatoms. The van der Waals surface area contributed by atoms with Gasteiger partial charge in [-0.05, 0) is 60.6 Å². The van der Waals surface area contributed by atoms with Gasteiger partial charge in [-0.2, -0.15) is 0 Å². The highest BCUT2D eigenvalue weighted by atomic mass is 79.9. The fraction of sp³-hybridized carbons (Fsp3) is 0.714. The number of hydrogen-bond donors (Lipinski definition) is 2. The van der Waals surface area contributed by atoms with Gasteiger partial charge in [0.15, 0.2) is 0 Å². The maximum atomic E-state index is 10.6. The van der Waals surface area contributed by atoms with Gasteiger partial charge in [0.25, 0.3) is 0 Å². The molecule has 2 rings (SSSR count). The van der Waals surface area contributed by atoms with E-state index in [-0.39, 0.29) is 0 Å². The molecule has 1 aliphatic carbocycles. The molecule has 0 radical (unpaired) electrons. The molecule has 1 aromatic rings. The molecule has 0 aliphatic heterocycles. The summed E-state index contributed by atoms with van der Waals surface area (Å²) in [6, 6.07) is 2.74. The second-order valence-corrected chi connectivity index (χ2v) is 7.27. The number of nitrogens with one attached hydrogen (secondary N) is 1. The Balaban J connectivity index is 1.83. The summed E-state index contributed by atoms with van der Waals surface area (Å²) in [5.74, 6) is 0. The monoisotopic (exact) mass is 331 g/mol. The summed E-state index contributed by atoms with van der Waals surface area (Å²) in [7, 11) is 0. The Morgan fingerprint density at radius 3 is 2.78 bits per heavy atom. The molecule has 102 valence electrons. The first-order chi connectivity index (χ1) is 8.61. The van der Waals surface area contributed by atoms with Crippen molar-refractivity contribution in [3.63, 3.8) is 0 Å². The quantitative estimate of drug-likeness (QED) is 0.861. The summed E-state index contributed by atoms with van der Waals surface area (Å²) < 4.78 is 1.13. The number of hydrogen-bond acceptors (Lipinski definition) is 3. The van der Waals surface area contributed by atoms with Gasteiger partial charge in [0, 0.05) is 27.2 Å². The van der Waals surface area contributed by atoms with Crippen molar-refractivity contribution in [1.82, 2.24) is 5.32 Å². The topological polar surface area (TPSA) is 32.3 Å². The van der Waals surface area contributed by atoms with Gasteiger partial charge in [-0.25, -0.2) is 0 Å². The Bertz CT molecular complexity index is 372. The van der Waals surface area contributed by atoms with Gasteiger partial charge >= 0.3 is 0 Å². The molecule has 0 saturated heterocycles. The largest absolute Gasteiger partial charge is 0.390 e. The summed E-state index contributed by atoms with van der Waals surface area (Å²) in [5.41, 5.74) is -0.477. The van der Waals surface area contributed by atoms with Gasteiger partial charge in [-0.3, -0.25) is 0 Å². The predicted octanol–water partition coefficient (Wildman–Crippen LogP) is 3.73. The molecule has 0 bridgehead atoms. The molecule has 1 aliphatic rings. The third-order valence-corrected chi connectivity index (χ3v) is 5.42. The molecule has 0 spiro atoms. The Labute approximate surface area is 122 Å². The van der Waals surface area contributed by atoms with Crippen molar-refractivity contribution in [3.05, 3.63) is 20.8 Å². The van der Waals surface area contributed by atoms with E-state index >= 15 is 0 Å². The van der Waals surface area contributed by atoms with E-state index in [0.717, 1.165) is 43.1 Å². The van der Waals surface area contributed by atoms with Crippen LogP contribution in [-0.2, 0) is 6.42 Å². The lowest BCUT2D eigenvalue weighted by Gasteiger charge is -2.36. The maximum Gasteiger partial charge on any atom is 0.0697 e. The number of thiophene rings is 1. The first kappa shape index (κ1) is 14.5. The molecule has 1 saturated carbocycles. The van der Waals surface area contributed by atoms with Crippen molar-refractivity contribution in [2.24, 2.45) is 0 Å². The minimum Gasteiger partial charge on any atom is -0.390 e. The van der Waals surface area contributed by atoms with E-state index in [9.17, 15) is 5.11 Å². The van der Waals surface area contributed by atoms with Crippen molar-refractivity contribution < 1.29 is 5.11 Å². The summed E-state index contributed by atoms with van der Waals surface area (Å²) in [6.45, 7) is 3.29. The summed E-state index contributed by atoms with van der Waals surface area (Å²) in [4.78, 5) is 1.28. The van der Waals surface area contributed by atoms with E-state index in [1.807, 2.05) is 0 Å². The SMILES string of the molecule is CCCNC1CCC(O)(Cc2cc(Br)cs2)CC1. The van der Waals surface area contributed by atoms with Crippen molar-refractivity contribution in [2.75, 3.05) is 6.54 Å². The van der Waals surface area contributed by atoms with Crippen molar-refractivity contribution in [1.29, 1.82) is 0 Å². The highest BCUT2D eigenvalue weighted by Gasteiger charge is 2.33. The second kappa shape index (κ2) is 6.51. The van der Waals surface area contributed by atoms with Crippen LogP contribution in [0.3, 0.4) is 0 Å². The molecule has 1 heterocycles. The van der Waals surface area contributed by atoms with Crippen LogP contribution in [0.2, 0.25) is 0 Å². The molecule has 1 fully saturated rings. The van der Waals surface area contributed by atoms with Crippen LogP contribution in [0.15, 0.2) is 15.9 Å². The second-order valence-electron chi connectivity index (χ2n) is 5.36. The minimum atomic E-state index is -0.477. The fourth-order valence-corrected chi connectivity index (χ4v) is 4.24. The number of halogens is 1. The molecule has 2 N–H and O–H groups in total. The molecule has 18 heavy (non-hydrogen) atoms. The van der Waals surface area contributed by atoms with Crippen LogP contribution in [0.25, 0.3) is 0 Å². The van der Waals surface area contributed by atoms with Crippen LogP contribution in [0.5, 0.6) is 0 Å². The third-order valence-electron chi connectivity index (χ3n) is 3.72. The lowest BCUT2D eigenvalue weighted by Crippen LogP contribution is -2.42. The zero-order valence-corrected chi connectivity index (χ0v) is 13.3. The Hall–Kier alpha value is 0.1000. The molecular formula is C14H22BrNOS. The average molecular weight is 332 g/mol. The van der Waals surface area contributed by atoms with Crippen LogP contribution in [-0.4, -0.2) is 23.3 Å². The highest BCUT2D eigenvalue weighted by molar-refractivity contribution is 9.10. The van der Waals surface area contributed by atoms with Crippen LogP contribution < -0.4 is 5.32 Å². The number of rotatable bonds is 5. The first-order valence-corrected chi connectivity index (χ1v) is 8.47. The number of aliphatic hydroxyl groups is 1. The van der Waals surface area contributed by atoms with Gasteiger partial charge in [0.1, 0.15) is 0 Å². The molecule has 0 amide bonds. The van der Waals surface area contributed by atoms with Crippen molar-refractivity contribution >= 4 is 27.3 Å². The van der Waals surface area contributed by atoms with Gasteiger partial charge in [0.2, 0.25) is 0 Å². The van der Waals surface area contributed by atoms with Crippen LogP contribution >= 0.6 is 27.3 Å². The van der Waals surface area contributed by atoms with Gasteiger partial charge in [-0.15, -0.1) is 11.3 Å². The molecule has 0 atom stereocenters. The molecular weight excluding hydrogens is 310 g/mol. The van der Waals surface area contributed by atoms with E-state index in [1.54, 1.807) is 11.3 Å². The third kappa shape index (κ3) is 4.05. The Morgan fingerprint density at radius 1 is 1.50 bits per heavy atom. The smallest absolute Gasteiger partial charge is 0.0697 e. The Kier molecular flexibility index (Phi) is 5.24. The standard InChI is InChI=1S/C14H22BrNOS/c1-2-7-16-12-3-5-14(17,6-4-12)9-13-8-11(15)10-18-13/h8,10,12,16-17H,2-7,9H2,1H3. The summed E-state index contributed by atoms with van der Waals surface area (Å²) >= 11 is 5.21. The summed E-state index contributed by atoms with van der Waals surface area (Å²) in [6.07, 6.45) is 6.04. The first-order valence-electron chi connectivity index (χ1n) is 6.80. The fourth-order valence-electron chi connectivity index (χ4n) is 2.66. The molecule has 0 aromatic carbocycles. The Morgan fingerprint density at radius 2 is 2.22 bits per heavy atom. The zero-order chi connectivity index (χ0) is 13.0. The van der Waals surface area contributed by atoms with E-state index in [2.05, 4.69) is 39.6 Å². The predicted molar refractivity (Wildman–Crippen MR) is 81.2 cm³/mol. The maximum absolute atomic E-state index is 10.6. The normalized spacial score (nSPS) is 28.5. The summed E-state index contributed by atoms with van der Waals surface area (Å²) in [5, 5.41) is 16.3. The van der Waals surface area contributed by atoms with Crippen molar-refractivity contribution in [2.45, 2.75) is 57.1 Å². The van der Waals surface area contributed by atoms with Gasteiger partial charge < -0.3 is 10.4 Å². The van der Waals surface area contributed by atoms with Crippen LogP contribution in [0.4, 0.5) is 0 Å². The van der Waals surface area contributed by atoms with Crippen LogP contribution in [0.1, 0.15) is 43.9 Å². The minimum absolute atomic E-state index is 0.477. The van der Waals surface area contributed by atoms with E-state index in [4.69, 9.17) is 0 Å². The lowest BCUT2D eigenvalue weighted by atomic mass is 9.80. The highest BCUT2D eigenvalue weighted by Crippen LogP contribution is 2.33. The van der Waals surface area contributed by atoms with Crippen molar-refractivity contribution in [3.8, 4) is 0 Å². The average Bonchev–Trinajstić information content (AvgIpc) is 2.74.